The van der Waals surface area contributed by atoms with E-state index in [9.17, 15) is 9.59 Å². The second kappa shape index (κ2) is 9.17. The van der Waals surface area contributed by atoms with Gasteiger partial charge in [-0.15, -0.1) is 0 Å². The molecule has 6 nitrogen and oxygen atoms in total. The summed E-state index contributed by atoms with van der Waals surface area (Å²) in [7, 11) is 0. The summed E-state index contributed by atoms with van der Waals surface area (Å²) in [6.07, 6.45) is -0.0985. The van der Waals surface area contributed by atoms with E-state index in [1.54, 1.807) is 30.3 Å². The van der Waals surface area contributed by atoms with Crippen molar-refractivity contribution in [1.29, 1.82) is 0 Å². The number of carbonyl (C=O) groups excluding carboxylic acids is 2. The lowest BCUT2D eigenvalue weighted by Gasteiger charge is -2.30. The maximum Gasteiger partial charge on any atom is 0.267 e. The number of anilines is 1. The van der Waals surface area contributed by atoms with Gasteiger partial charge in [-0.05, 0) is 36.8 Å². The molecule has 0 aromatic heterocycles. The van der Waals surface area contributed by atoms with Gasteiger partial charge < -0.3 is 19.7 Å². The smallest absolute Gasteiger partial charge is 0.267 e. The first-order valence-corrected chi connectivity index (χ1v) is 9.65. The zero-order chi connectivity index (χ0) is 20.1. The predicted molar refractivity (Wildman–Crippen MR) is 108 cm³/mol. The predicted octanol–water partition coefficient (Wildman–Crippen LogP) is 4.01. The Balaban J connectivity index is 1.65. The number of fused-ring (bicyclic) bond motifs is 1. The third-order valence-electron chi connectivity index (χ3n) is 4.13. The van der Waals surface area contributed by atoms with E-state index in [4.69, 9.17) is 32.7 Å². The topological polar surface area (TPSA) is 67.9 Å². The van der Waals surface area contributed by atoms with E-state index >= 15 is 0 Å². The first-order valence-electron chi connectivity index (χ1n) is 8.90. The molecule has 1 aliphatic heterocycles. The number of halogens is 2. The molecule has 0 saturated carbocycles. The zero-order valence-electron chi connectivity index (χ0n) is 15.3. The Hall–Kier alpha value is -2.44. The fourth-order valence-electron chi connectivity index (χ4n) is 2.84. The van der Waals surface area contributed by atoms with Gasteiger partial charge in [0.15, 0.2) is 11.5 Å². The van der Waals surface area contributed by atoms with Crippen LogP contribution in [0.4, 0.5) is 5.69 Å². The number of benzene rings is 2. The SMILES string of the molecule is CCCN(CC(=O)Nc1ccc(Cl)cc1Cl)C(=O)C1COc2ccccc2O1. The average Bonchev–Trinajstić information content (AvgIpc) is 2.69. The van der Waals surface area contributed by atoms with Crippen LogP contribution >= 0.6 is 23.2 Å². The van der Waals surface area contributed by atoms with E-state index in [0.717, 1.165) is 0 Å². The Morgan fingerprint density at radius 2 is 1.93 bits per heavy atom. The van der Waals surface area contributed by atoms with E-state index in [1.165, 1.54) is 4.90 Å². The van der Waals surface area contributed by atoms with Crippen LogP contribution in [-0.2, 0) is 9.59 Å². The first-order chi connectivity index (χ1) is 13.5. The third kappa shape index (κ3) is 4.88. The number of hydrogen-bond donors (Lipinski definition) is 1. The van der Waals surface area contributed by atoms with Crippen molar-refractivity contribution in [2.75, 3.05) is 25.0 Å². The summed E-state index contributed by atoms with van der Waals surface area (Å²) in [4.78, 5) is 26.8. The normalized spacial score (nSPS) is 15.0. The molecule has 0 saturated heterocycles. The highest BCUT2D eigenvalue weighted by atomic mass is 35.5. The number of rotatable bonds is 6. The maximum atomic E-state index is 12.9. The van der Waals surface area contributed by atoms with Crippen molar-refractivity contribution < 1.29 is 19.1 Å². The van der Waals surface area contributed by atoms with Crippen LogP contribution in [0.1, 0.15) is 13.3 Å². The molecule has 1 N–H and O–H groups in total. The number of para-hydroxylation sites is 2. The molecular formula is C20H20Cl2N2O4. The summed E-state index contributed by atoms with van der Waals surface area (Å²) in [5, 5.41) is 3.51. The number of ether oxygens (including phenoxy) is 2. The summed E-state index contributed by atoms with van der Waals surface area (Å²) in [6, 6.07) is 11.9. The molecule has 0 spiro atoms. The van der Waals surface area contributed by atoms with E-state index in [0.29, 0.717) is 40.2 Å². The summed E-state index contributed by atoms with van der Waals surface area (Å²) in [5.41, 5.74) is 0.436. The minimum Gasteiger partial charge on any atom is -0.485 e. The lowest BCUT2D eigenvalue weighted by atomic mass is 10.2. The van der Waals surface area contributed by atoms with Gasteiger partial charge in [-0.2, -0.15) is 0 Å². The molecule has 2 amide bonds. The molecule has 1 aliphatic rings. The van der Waals surface area contributed by atoms with Gasteiger partial charge in [-0.1, -0.05) is 42.3 Å². The summed E-state index contributed by atoms with van der Waals surface area (Å²) in [6.45, 7) is 2.33. The molecule has 2 aromatic carbocycles. The first kappa shape index (κ1) is 20.3. The van der Waals surface area contributed by atoms with Crippen molar-refractivity contribution in [3.8, 4) is 11.5 Å². The summed E-state index contributed by atoms with van der Waals surface area (Å²) >= 11 is 12.0. The van der Waals surface area contributed by atoms with Crippen LogP contribution in [-0.4, -0.2) is 42.5 Å². The Morgan fingerprint density at radius 3 is 2.64 bits per heavy atom. The third-order valence-corrected chi connectivity index (χ3v) is 4.68. The van der Waals surface area contributed by atoms with Crippen LogP contribution < -0.4 is 14.8 Å². The highest BCUT2D eigenvalue weighted by molar-refractivity contribution is 6.36. The molecule has 3 rings (SSSR count). The Bertz CT molecular complexity index is 875. The largest absolute Gasteiger partial charge is 0.485 e. The molecule has 2 aromatic rings. The van der Waals surface area contributed by atoms with Gasteiger partial charge in [0.2, 0.25) is 12.0 Å². The van der Waals surface area contributed by atoms with Crippen molar-refractivity contribution in [2.45, 2.75) is 19.4 Å². The average molecular weight is 423 g/mol. The Kier molecular flexibility index (Phi) is 6.65. The van der Waals surface area contributed by atoms with Gasteiger partial charge >= 0.3 is 0 Å². The van der Waals surface area contributed by atoms with Crippen molar-refractivity contribution in [3.63, 3.8) is 0 Å². The minimum absolute atomic E-state index is 0.0979. The van der Waals surface area contributed by atoms with Gasteiger partial charge in [0.05, 0.1) is 17.3 Å². The zero-order valence-corrected chi connectivity index (χ0v) is 16.8. The quantitative estimate of drug-likeness (QED) is 0.763. The second-order valence-electron chi connectivity index (χ2n) is 6.30. The molecule has 0 fully saturated rings. The lowest BCUT2D eigenvalue weighted by molar-refractivity contribution is -0.143. The highest BCUT2D eigenvalue weighted by Crippen LogP contribution is 2.31. The molecular weight excluding hydrogens is 403 g/mol. The van der Waals surface area contributed by atoms with Gasteiger partial charge in [-0.25, -0.2) is 0 Å². The summed E-state index contributed by atoms with van der Waals surface area (Å²) in [5.74, 6) is 0.460. The van der Waals surface area contributed by atoms with Crippen LogP contribution in [0, 0.1) is 0 Å². The van der Waals surface area contributed by atoms with Crippen molar-refractivity contribution >= 4 is 40.7 Å². The molecule has 1 unspecified atom stereocenters. The van der Waals surface area contributed by atoms with Crippen LogP contribution in [0.2, 0.25) is 10.0 Å². The van der Waals surface area contributed by atoms with E-state index < -0.39 is 6.10 Å². The number of hydrogen-bond acceptors (Lipinski definition) is 4. The van der Waals surface area contributed by atoms with Crippen LogP contribution in [0.3, 0.4) is 0 Å². The molecule has 1 heterocycles. The fraction of sp³-hybridized carbons (Fsp3) is 0.300. The standard InChI is InChI=1S/C20H20Cl2N2O4/c1-2-9-24(11-19(25)23-15-8-7-13(21)10-14(15)22)20(26)18-12-27-16-5-3-4-6-17(16)28-18/h3-8,10,18H,2,9,11-12H2,1H3,(H,23,25). The Morgan fingerprint density at radius 1 is 1.18 bits per heavy atom. The highest BCUT2D eigenvalue weighted by Gasteiger charge is 2.31. The number of nitrogens with one attached hydrogen (secondary N) is 1. The van der Waals surface area contributed by atoms with Gasteiger partial charge in [0.25, 0.3) is 5.91 Å². The number of nitrogens with zero attached hydrogens (tertiary/aromatic N) is 1. The van der Waals surface area contributed by atoms with Crippen molar-refractivity contribution in [2.24, 2.45) is 0 Å². The van der Waals surface area contributed by atoms with Crippen LogP contribution in [0.25, 0.3) is 0 Å². The second-order valence-corrected chi connectivity index (χ2v) is 7.14. The molecule has 0 bridgehead atoms. The van der Waals surface area contributed by atoms with E-state index in [-0.39, 0.29) is 25.0 Å². The van der Waals surface area contributed by atoms with E-state index in [2.05, 4.69) is 5.32 Å². The van der Waals surface area contributed by atoms with E-state index in [1.807, 2.05) is 19.1 Å². The number of carbonyl (C=O) groups is 2. The van der Waals surface area contributed by atoms with Crippen LogP contribution in [0.15, 0.2) is 42.5 Å². The summed E-state index contributed by atoms with van der Waals surface area (Å²) < 4.78 is 11.4. The van der Waals surface area contributed by atoms with Gasteiger partial charge in [-0.3, -0.25) is 9.59 Å². The molecule has 8 heteroatoms. The molecule has 28 heavy (non-hydrogen) atoms. The monoisotopic (exact) mass is 422 g/mol. The van der Waals surface area contributed by atoms with Gasteiger partial charge in [0.1, 0.15) is 6.61 Å². The number of amides is 2. The Labute approximate surface area is 173 Å². The maximum absolute atomic E-state index is 12.9. The van der Waals surface area contributed by atoms with Crippen LogP contribution in [0.5, 0.6) is 11.5 Å². The molecule has 1 atom stereocenters. The van der Waals surface area contributed by atoms with Crippen molar-refractivity contribution in [1.82, 2.24) is 4.90 Å². The minimum atomic E-state index is -0.798. The van der Waals surface area contributed by atoms with Crippen molar-refractivity contribution in [3.05, 3.63) is 52.5 Å². The molecule has 0 aliphatic carbocycles. The molecule has 148 valence electrons. The lowest BCUT2D eigenvalue weighted by Crippen LogP contribution is -2.49. The molecule has 0 radical (unpaired) electrons. The van der Waals surface area contributed by atoms with Gasteiger partial charge in [0, 0.05) is 11.6 Å². The fourth-order valence-corrected chi connectivity index (χ4v) is 3.29.